The number of hydrogen-bond donors (Lipinski definition) is 8. The number of nitrogens with one attached hydrogen (secondary N) is 4. The smallest absolute Gasteiger partial charge is 0.278 e. The largest absolute Gasteiger partial charge is 0.391 e. The van der Waals surface area contributed by atoms with Gasteiger partial charge in [0.15, 0.2) is 34.5 Å². The minimum Gasteiger partial charge on any atom is -0.391 e. The van der Waals surface area contributed by atoms with Gasteiger partial charge < -0.3 is 63.2 Å². The first-order chi connectivity index (χ1) is 44.5. The molecule has 2 atom stereocenters. The Kier molecular flexibility index (Phi) is 20.6. The fourth-order valence-electron chi connectivity index (χ4n) is 10.3. The van der Waals surface area contributed by atoms with E-state index in [0.29, 0.717) is 95.0 Å². The van der Waals surface area contributed by atoms with E-state index in [1.165, 1.54) is 18.6 Å². The number of nitrogen functional groups attached to an aromatic ring is 3. The molecule has 1 unspecified atom stereocenters. The number of aromatic nitrogens is 6. The van der Waals surface area contributed by atoms with Crippen LogP contribution in [-0.2, 0) is 0 Å². The first-order valence-electron chi connectivity index (χ1n) is 29.8. The Morgan fingerprint density at radius 2 is 0.783 bits per heavy atom. The standard InChI is InChI=1S/C24H26N6O2.C22H22N6O2.C22H21N5O3.8H2/c1-29(2)19-12-13-30(15-19)24(32)17-10-8-16(9-11-17)20-14-26-22(25)21(28-20)23(31)27-18-6-4-3-5-7-18;23-20-19(21(29)26-17-4-2-1-3-5-17)27-18(14-25-20)15-6-8-16(9-7-15)22(30)28-12-10-24-11-13-28;23-20-19(21(29)25-16-4-2-1-3-5-16)26-18(12-24-20)14-6-8-15(9-7-14)22(30)27-11-10-17(28)13-27;;;;;;;;/h3-11,14,19H,12-13,15H2,1-2H3,(H2,25,26)(H,27,31);1-9,14,24H,10-13H2,(H2,23,25)(H,26,29);1-9,12,17,28H,10-11,13H2,(H2,23,24)(H,25,29);8*1H/t19-;;;;;;;;;;/m0........../s1. The summed E-state index contributed by atoms with van der Waals surface area (Å²) in [5.41, 5.74) is 25.1. The number of rotatable bonds is 13. The summed E-state index contributed by atoms with van der Waals surface area (Å²) in [5, 5.41) is 21.1. The van der Waals surface area contributed by atoms with Gasteiger partial charge in [-0.2, -0.15) is 0 Å². The Hall–Kier alpha value is -11.3. The monoisotopic (exact) mass is 1250 g/mol. The summed E-state index contributed by atoms with van der Waals surface area (Å²) in [6, 6.07) is 48.7. The minimum atomic E-state index is -0.460. The molecule has 3 aliphatic heterocycles. The number of likely N-dealkylation sites (N-methyl/N-ethyl adjacent to an activating group) is 1. The lowest BCUT2D eigenvalue weighted by molar-refractivity contribution is 0.0733. The number of benzene rings is 6. The highest BCUT2D eigenvalue weighted by Crippen LogP contribution is 2.26. The molecule has 0 spiro atoms. The molecule has 6 heterocycles. The summed E-state index contributed by atoms with van der Waals surface area (Å²) >= 11 is 0. The van der Waals surface area contributed by atoms with Crippen LogP contribution >= 0.6 is 0 Å². The van der Waals surface area contributed by atoms with Gasteiger partial charge in [0.05, 0.1) is 41.8 Å². The van der Waals surface area contributed by atoms with Gasteiger partial charge in [0.25, 0.3) is 35.4 Å². The van der Waals surface area contributed by atoms with E-state index in [-0.39, 0.29) is 63.7 Å². The van der Waals surface area contributed by atoms with Crippen molar-refractivity contribution in [1.29, 1.82) is 0 Å². The number of carbonyl (C=O) groups is 6. The molecule has 3 saturated heterocycles. The number of β-amino-alcohol motifs (C(OH)–C–C–N with tert-alkyl or cyclic N) is 1. The summed E-state index contributed by atoms with van der Waals surface area (Å²) in [5.74, 6) is -1.26. The van der Waals surface area contributed by atoms with Gasteiger partial charge in [-0.3, -0.25) is 28.8 Å². The summed E-state index contributed by atoms with van der Waals surface area (Å²) in [6.07, 6.45) is 5.64. The highest BCUT2D eigenvalue weighted by Gasteiger charge is 2.29. The van der Waals surface area contributed by atoms with Crippen molar-refractivity contribution in [3.8, 4) is 33.8 Å². The maximum absolute atomic E-state index is 12.8. The van der Waals surface area contributed by atoms with E-state index in [4.69, 9.17) is 17.2 Å². The van der Waals surface area contributed by atoms with Gasteiger partial charge in [-0.1, -0.05) is 91.0 Å². The lowest BCUT2D eigenvalue weighted by Crippen LogP contribution is -2.46. The number of nitrogens with zero attached hydrogens (tertiary/aromatic N) is 10. The van der Waals surface area contributed by atoms with Gasteiger partial charge in [0, 0.05) is 120 Å². The van der Waals surface area contributed by atoms with Crippen molar-refractivity contribution in [2.24, 2.45) is 0 Å². The van der Waals surface area contributed by atoms with Crippen LogP contribution in [0.2, 0.25) is 0 Å². The second-order valence-electron chi connectivity index (χ2n) is 22.1. The van der Waals surface area contributed by atoms with Crippen molar-refractivity contribution < 1.29 is 45.3 Å². The number of likely N-dealkylation sites (tertiary alicyclic amines) is 2. The lowest BCUT2D eigenvalue weighted by Gasteiger charge is -2.27. The molecule has 3 aliphatic rings. The van der Waals surface area contributed by atoms with Crippen molar-refractivity contribution in [3.63, 3.8) is 0 Å². The lowest BCUT2D eigenvalue weighted by atomic mass is 10.1. The van der Waals surface area contributed by atoms with Crippen LogP contribution in [0.5, 0.6) is 0 Å². The van der Waals surface area contributed by atoms with Crippen LogP contribution < -0.4 is 38.5 Å². The number of para-hydroxylation sites is 3. The third-order valence-electron chi connectivity index (χ3n) is 15.5. The third kappa shape index (κ3) is 16.1. The van der Waals surface area contributed by atoms with Gasteiger partial charge in [-0.25, -0.2) is 29.9 Å². The second-order valence-corrected chi connectivity index (χ2v) is 22.1. The summed E-state index contributed by atoms with van der Waals surface area (Å²) in [6.45, 7) is 5.39. The van der Waals surface area contributed by atoms with Gasteiger partial charge in [-0.15, -0.1) is 0 Å². The van der Waals surface area contributed by atoms with E-state index in [1.54, 1.807) is 102 Å². The first-order valence-corrected chi connectivity index (χ1v) is 29.8. The van der Waals surface area contributed by atoms with E-state index in [2.05, 4.69) is 56.1 Å². The molecule has 0 bridgehead atoms. The quantitative estimate of drug-likeness (QED) is 0.0534. The van der Waals surface area contributed by atoms with E-state index < -0.39 is 23.8 Å². The van der Waals surface area contributed by atoms with Crippen molar-refractivity contribution in [1.82, 2.24) is 54.8 Å². The molecule has 12 rings (SSSR count). The highest BCUT2D eigenvalue weighted by atomic mass is 16.3. The molecule has 92 heavy (non-hydrogen) atoms. The molecule has 6 amide bonds. The normalized spacial score (nSPS) is 15.1. The van der Waals surface area contributed by atoms with Crippen molar-refractivity contribution in [2.75, 3.05) is 99.6 Å². The average molecular weight is 1250 g/mol. The van der Waals surface area contributed by atoms with Crippen LogP contribution in [0.4, 0.5) is 34.5 Å². The van der Waals surface area contributed by atoms with Gasteiger partial charge in [-0.05, 0) is 99.7 Å². The number of hydrogen-bond acceptors (Lipinski definition) is 18. The number of carbonyl (C=O) groups excluding carboxylic acids is 6. The Morgan fingerprint density at radius 1 is 0.457 bits per heavy atom. The number of nitrogens with two attached hydrogens (primary N) is 3. The van der Waals surface area contributed by atoms with Crippen LogP contribution in [0.3, 0.4) is 0 Å². The molecule has 3 fully saturated rings. The molecule has 9 aromatic rings. The Balaban J connectivity index is 0.000000491. The molecule has 0 saturated carbocycles. The molecule has 24 nitrogen and oxygen atoms in total. The SMILES string of the molecule is CN(C)[C@H]1CCN(C(=O)c2ccc(-c3cnc(N)c(C(=O)Nc4ccccc4)n3)cc2)C1.Nc1ncc(-c2ccc(C(=O)N3CCC(O)C3)cc2)nc1C(=O)Nc1ccccc1.Nc1ncc(-c2ccc(C(=O)N3CCNCC3)cc2)nc1C(=O)Nc1ccccc1.[HH].[HH].[HH].[HH].[HH].[HH].[HH].[HH]. The molecular formula is C68H85N17O7. The van der Waals surface area contributed by atoms with Crippen molar-refractivity contribution in [3.05, 3.63) is 216 Å². The van der Waals surface area contributed by atoms with Crippen LogP contribution in [0.25, 0.3) is 33.8 Å². The zero-order chi connectivity index (χ0) is 64.7. The first kappa shape index (κ1) is 63.7. The maximum Gasteiger partial charge on any atom is 0.278 e. The zero-order valence-corrected chi connectivity index (χ0v) is 50.6. The number of piperazine rings is 1. The molecule has 484 valence electrons. The summed E-state index contributed by atoms with van der Waals surface area (Å²) in [4.78, 5) is 109. The highest BCUT2D eigenvalue weighted by molar-refractivity contribution is 6.08. The molecule has 6 aromatic carbocycles. The molecule has 11 N–H and O–H groups in total. The predicted molar refractivity (Wildman–Crippen MR) is 369 cm³/mol. The molecule has 3 aromatic heterocycles. The maximum atomic E-state index is 12.8. The summed E-state index contributed by atoms with van der Waals surface area (Å²) < 4.78 is 0. The fraction of sp³-hybridized carbons (Fsp3) is 0.206. The van der Waals surface area contributed by atoms with Crippen LogP contribution in [0.1, 0.15) is 86.8 Å². The number of anilines is 6. The Labute approximate surface area is 542 Å². The molecular weight excluding hydrogens is 1170 g/mol. The van der Waals surface area contributed by atoms with Gasteiger partial charge in [0.1, 0.15) is 0 Å². The van der Waals surface area contributed by atoms with Gasteiger partial charge >= 0.3 is 0 Å². The Bertz CT molecular complexity index is 3950. The van der Waals surface area contributed by atoms with Crippen LogP contribution in [0.15, 0.2) is 182 Å². The van der Waals surface area contributed by atoms with Crippen LogP contribution in [0, 0.1) is 0 Å². The zero-order valence-electron chi connectivity index (χ0n) is 50.6. The summed E-state index contributed by atoms with van der Waals surface area (Å²) in [7, 11) is 4.07. The topological polar surface area (TPSA) is 339 Å². The van der Waals surface area contributed by atoms with E-state index in [1.807, 2.05) is 90.6 Å². The molecule has 0 radical (unpaired) electrons. The van der Waals surface area contributed by atoms with Crippen molar-refractivity contribution >= 4 is 70.0 Å². The number of amides is 6. The van der Waals surface area contributed by atoms with Crippen molar-refractivity contribution in [2.45, 2.75) is 25.0 Å². The number of aliphatic hydroxyl groups excluding tert-OH is 1. The Morgan fingerprint density at radius 3 is 1.10 bits per heavy atom. The van der Waals surface area contributed by atoms with Gasteiger partial charge in [0.2, 0.25) is 0 Å². The molecule has 24 heteroatoms. The fourth-order valence-corrected chi connectivity index (χ4v) is 10.3. The van der Waals surface area contributed by atoms with E-state index in [0.717, 1.165) is 43.7 Å². The van der Waals surface area contributed by atoms with E-state index >= 15 is 0 Å². The predicted octanol–water partition coefficient (Wildman–Crippen LogP) is 8.93. The average Bonchev–Trinajstić information content (AvgIpc) is 0.972. The van der Waals surface area contributed by atoms with Crippen LogP contribution in [-0.4, -0.2) is 169 Å². The molecule has 0 aliphatic carbocycles. The van der Waals surface area contributed by atoms with E-state index in [9.17, 15) is 33.9 Å². The third-order valence-corrected chi connectivity index (χ3v) is 15.5. The minimum absolute atomic E-state index is 0. The second kappa shape index (κ2) is 29.8. The number of aliphatic hydroxyl groups is 1.